The van der Waals surface area contributed by atoms with Crippen LogP contribution in [0.2, 0.25) is 0 Å². The average Bonchev–Trinajstić information content (AvgIpc) is 2.84. The molecule has 2 nitrogen and oxygen atoms in total. The number of thiophene rings is 1. The quantitative estimate of drug-likeness (QED) is 0.596. The van der Waals surface area contributed by atoms with E-state index in [1.165, 1.54) is 0 Å². The monoisotopic (exact) mass is 426 g/mol. The standard InChI is InChI=1S/C16H12Br2O2S/c1-20-12-5-4-9-6-11(3-2-10(9)7-12)15(19)13-8-14(17)21-16(13)18/h2-8,15,19H,1H3. The van der Waals surface area contributed by atoms with Crippen LogP contribution in [0.25, 0.3) is 10.8 Å². The lowest BCUT2D eigenvalue weighted by Crippen LogP contribution is -1.98. The summed E-state index contributed by atoms with van der Waals surface area (Å²) in [4.78, 5) is 0. The van der Waals surface area contributed by atoms with Crippen LogP contribution in [0.1, 0.15) is 17.2 Å². The molecule has 2 aromatic carbocycles. The predicted molar refractivity (Wildman–Crippen MR) is 94.3 cm³/mol. The normalized spacial score (nSPS) is 12.6. The number of ether oxygens (including phenoxy) is 1. The molecule has 0 radical (unpaired) electrons. The van der Waals surface area contributed by atoms with Crippen LogP contribution in [0.15, 0.2) is 50.0 Å². The molecule has 21 heavy (non-hydrogen) atoms. The molecule has 0 saturated carbocycles. The van der Waals surface area contributed by atoms with Gasteiger partial charge in [-0.15, -0.1) is 11.3 Å². The maximum absolute atomic E-state index is 10.6. The summed E-state index contributed by atoms with van der Waals surface area (Å²) >= 11 is 8.50. The van der Waals surface area contributed by atoms with E-state index in [1.807, 2.05) is 42.5 Å². The van der Waals surface area contributed by atoms with Gasteiger partial charge in [0.25, 0.3) is 0 Å². The molecule has 1 aromatic heterocycles. The van der Waals surface area contributed by atoms with Crippen LogP contribution in [0.4, 0.5) is 0 Å². The molecule has 0 aliphatic rings. The smallest absolute Gasteiger partial charge is 0.119 e. The van der Waals surface area contributed by atoms with Gasteiger partial charge in [0.15, 0.2) is 0 Å². The third kappa shape index (κ3) is 3.01. The fourth-order valence-corrected chi connectivity index (χ4v) is 5.14. The number of halogens is 2. The molecule has 3 rings (SSSR count). The third-order valence-electron chi connectivity index (χ3n) is 3.36. The zero-order chi connectivity index (χ0) is 15.0. The lowest BCUT2D eigenvalue weighted by molar-refractivity contribution is 0.220. The van der Waals surface area contributed by atoms with Crippen molar-refractivity contribution in [2.45, 2.75) is 6.10 Å². The van der Waals surface area contributed by atoms with Gasteiger partial charge in [-0.1, -0.05) is 18.2 Å². The third-order valence-corrected chi connectivity index (χ3v) is 5.75. The Kier molecular flexibility index (Phi) is 4.36. The van der Waals surface area contributed by atoms with Crippen LogP contribution in [-0.4, -0.2) is 12.2 Å². The number of hydrogen-bond donors (Lipinski definition) is 1. The summed E-state index contributed by atoms with van der Waals surface area (Å²) < 4.78 is 7.16. The van der Waals surface area contributed by atoms with Crippen molar-refractivity contribution in [1.29, 1.82) is 0 Å². The molecule has 0 amide bonds. The number of methoxy groups -OCH3 is 1. The molecular formula is C16H12Br2O2S. The summed E-state index contributed by atoms with van der Waals surface area (Å²) in [6.07, 6.45) is -0.645. The molecule has 1 N–H and O–H groups in total. The lowest BCUT2D eigenvalue weighted by atomic mass is 10.0. The number of benzene rings is 2. The number of hydrogen-bond acceptors (Lipinski definition) is 3. The molecule has 3 aromatic rings. The van der Waals surface area contributed by atoms with Crippen LogP contribution in [0, 0.1) is 0 Å². The van der Waals surface area contributed by atoms with Gasteiger partial charge < -0.3 is 9.84 Å². The lowest BCUT2D eigenvalue weighted by Gasteiger charge is -2.12. The summed E-state index contributed by atoms with van der Waals surface area (Å²) in [5, 5.41) is 12.8. The van der Waals surface area contributed by atoms with Crippen LogP contribution < -0.4 is 4.74 Å². The average molecular weight is 428 g/mol. The SMILES string of the molecule is COc1ccc2cc(C(O)c3cc(Br)sc3Br)ccc2c1. The number of fused-ring (bicyclic) bond motifs is 1. The van der Waals surface area contributed by atoms with E-state index in [-0.39, 0.29) is 0 Å². The van der Waals surface area contributed by atoms with Gasteiger partial charge in [-0.25, -0.2) is 0 Å². The summed E-state index contributed by atoms with van der Waals surface area (Å²) in [6, 6.07) is 13.8. The first-order valence-corrected chi connectivity index (χ1v) is 8.69. The molecule has 0 fully saturated rings. The van der Waals surface area contributed by atoms with E-state index in [0.29, 0.717) is 0 Å². The molecule has 1 heterocycles. The van der Waals surface area contributed by atoms with Crippen molar-refractivity contribution in [3.8, 4) is 5.75 Å². The molecule has 0 bridgehead atoms. The van der Waals surface area contributed by atoms with Gasteiger partial charge in [0.2, 0.25) is 0 Å². The Morgan fingerprint density at radius 2 is 1.76 bits per heavy atom. The molecular weight excluding hydrogens is 416 g/mol. The van der Waals surface area contributed by atoms with Crippen LogP contribution >= 0.6 is 43.2 Å². The Balaban J connectivity index is 2.02. The van der Waals surface area contributed by atoms with Crippen molar-refractivity contribution in [3.63, 3.8) is 0 Å². The van der Waals surface area contributed by atoms with Crippen LogP contribution in [0.3, 0.4) is 0 Å². The molecule has 5 heteroatoms. The van der Waals surface area contributed by atoms with Gasteiger partial charge in [0.05, 0.1) is 14.7 Å². The Morgan fingerprint density at radius 3 is 2.43 bits per heavy atom. The summed E-state index contributed by atoms with van der Waals surface area (Å²) in [7, 11) is 1.66. The van der Waals surface area contributed by atoms with E-state index in [0.717, 1.165) is 35.2 Å². The van der Waals surface area contributed by atoms with Crippen LogP contribution in [0.5, 0.6) is 5.75 Å². The van der Waals surface area contributed by atoms with Gasteiger partial charge in [-0.2, -0.15) is 0 Å². The first-order chi connectivity index (χ1) is 10.1. The summed E-state index contributed by atoms with van der Waals surface area (Å²) in [5.41, 5.74) is 1.75. The van der Waals surface area contributed by atoms with E-state index in [9.17, 15) is 5.11 Å². The highest BCUT2D eigenvalue weighted by Gasteiger charge is 2.16. The zero-order valence-electron chi connectivity index (χ0n) is 11.1. The van der Waals surface area contributed by atoms with Crippen molar-refractivity contribution in [1.82, 2.24) is 0 Å². The van der Waals surface area contributed by atoms with Crippen molar-refractivity contribution >= 4 is 54.0 Å². The van der Waals surface area contributed by atoms with Gasteiger partial charge >= 0.3 is 0 Å². The minimum atomic E-state index is -0.645. The Morgan fingerprint density at radius 1 is 1.05 bits per heavy atom. The number of aliphatic hydroxyl groups is 1. The highest BCUT2D eigenvalue weighted by Crippen LogP contribution is 2.38. The fraction of sp³-hybridized carbons (Fsp3) is 0.125. The van der Waals surface area contributed by atoms with Crippen LogP contribution in [-0.2, 0) is 0 Å². The van der Waals surface area contributed by atoms with E-state index in [1.54, 1.807) is 18.4 Å². The highest BCUT2D eigenvalue weighted by atomic mass is 79.9. The minimum absolute atomic E-state index is 0.645. The fourth-order valence-electron chi connectivity index (χ4n) is 2.26. The van der Waals surface area contributed by atoms with E-state index >= 15 is 0 Å². The van der Waals surface area contributed by atoms with Gasteiger partial charge in [0, 0.05) is 5.56 Å². The molecule has 0 spiro atoms. The Hall–Kier alpha value is -0.880. The van der Waals surface area contributed by atoms with E-state index < -0.39 is 6.10 Å². The maximum atomic E-state index is 10.6. The van der Waals surface area contributed by atoms with Crippen molar-refractivity contribution < 1.29 is 9.84 Å². The van der Waals surface area contributed by atoms with Gasteiger partial charge in [-0.05, 0) is 72.5 Å². The maximum Gasteiger partial charge on any atom is 0.119 e. The molecule has 1 unspecified atom stereocenters. The highest BCUT2D eigenvalue weighted by molar-refractivity contribution is 9.12. The molecule has 0 aliphatic carbocycles. The van der Waals surface area contributed by atoms with Crippen molar-refractivity contribution in [3.05, 3.63) is 61.2 Å². The number of aliphatic hydroxyl groups excluding tert-OH is 1. The van der Waals surface area contributed by atoms with Crippen molar-refractivity contribution in [2.75, 3.05) is 7.11 Å². The zero-order valence-corrected chi connectivity index (χ0v) is 15.1. The van der Waals surface area contributed by atoms with Gasteiger partial charge in [0.1, 0.15) is 11.9 Å². The molecule has 0 aliphatic heterocycles. The minimum Gasteiger partial charge on any atom is -0.497 e. The molecule has 108 valence electrons. The Bertz CT molecular complexity index is 798. The molecule has 0 saturated heterocycles. The number of rotatable bonds is 3. The molecule has 1 atom stereocenters. The summed E-state index contributed by atoms with van der Waals surface area (Å²) in [5.74, 6) is 0.834. The van der Waals surface area contributed by atoms with Crippen molar-refractivity contribution in [2.24, 2.45) is 0 Å². The second-order valence-corrected chi connectivity index (χ2v) is 8.40. The topological polar surface area (TPSA) is 29.5 Å². The summed E-state index contributed by atoms with van der Waals surface area (Å²) in [6.45, 7) is 0. The Labute approximate surface area is 143 Å². The predicted octanol–water partition coefficient (Wildman–Crippen LogP) is 5.52. The first kappa shape index (κ1) is 15.0. The van der Waals surface area contributed by atoms with Gasteiger partial charge in [-0.3, -0.25) is 0 Å². The van der Waals surface area contributed by atoms with E-state index in [4.69, 9.17) is 4.74 Å². The van der Waals surface area contributed by atoms with E-state index in [2.05, 4.69) is 31.9 Å². The first-order valence-electron chi connectivity index (χ1n) is 6.29. The second kappa shape index (κ2) is 6.08. The second-order valence-electron chi connectivity index (χ2n) is 4.65. The largest absolute Gasteiger partial charge is 0.497 e.